The van der Waals surface area contributed by atoms with Gasteiger partial charge in [-0.1, -0.05) is 12.1 Å². The van der Waals surface area contributed by atoms with Crippen molar-refractivity contribution in [2.45, 2.75) is 13.8 Å². The van der Waals surface area contributed by atoms with E-state index in [1.165, 1.54) is 5.56 Å². The lowest BCUT2D eigenvalue weighted by Crippen LogP contribution is -1.98. The van der Waals surface area contributed by atoms with Crippen molar-refractivity contribution in [3.63, 3.8) is 0 Å². The van der Waals surface area contributed by atoms with Crippen molar-refractivity contribution in [3.05, 3.63) is 23.8 Å². The van der Waals surface area contributed by atoms with E-state index >= 15 is 0 Å². The predicted octanol–water partition coefficient (Wildman–Crippen LogP) is 2.44. The molecule has 0 bridgehead atoms. The topological polar surface area (TPSA) is 21.3 Å². The molecule has 1 N–H and O–H groups in total. The molecule has 0 saturated heterocycles. The average Bonchev–Trinajstić information content (AvgIpc) is 2.09. The van der Waals surface area contributed by atoms with Gasteiger partial charge in [-0.25, -0.2) is 0 Å². The lowest BCUT2D eigenvalue weighted by Gasteiger charge is -2.11. The molecule has 0 fully saturated rings. The van der Waals surface area contributed by atoms with Crippen LogP contribution in [-0.2, 0) is 0 Å². The van der Waals surface area contributed by atoms with E-state index < -0.39 is 0 Å². The molecule has 66 valence electrons. The van der Waals surface area contributed by atoms with Crippen LogP contribution in [0.1, 0.15) is 12.5 Å². The zero-order valence-electron chi connectivity index (χ0n) is 7.85. The van der Waals surface area contributed by atoms with Gasteiger partial charge in [0.1, 0.15) is 5.75 Å². The third-order valence-corrected chi connectivity index (χ3v) is 1.77. The van der Waals surface area contributed by atoms with Gasteiger partial charge in [-0.05, 0) is 25.5 Å². The Balaban J connectivity index is 3.02. The maximum atomic E-state index is 5.50. The van der Waals surface area contributed by atoms with Crippen LogP contribution in [0.15, 0.2) is 18.2 Å². The van der Waals surface area contributed by atoms with Crippen LogP contribution in [-0.4, -0.2) is 13.7 Å². The molecule has 0 heterocycles. The first-order chi connectivity index (χ1) is 5.79. The molecule has 0 aromatic heterocycles. The quantitative estimate of drug-likeness (QED) is 0.742. The molecule has 0 spiro atoms. The Morgan fingerprint density at radius 2 is 2.17 bits per heavy atom. The number of aryl methyl sites for hydroxylation is 1. The molecule has 0 aliphatic heterocycles. The molecule has 0 aliphatic rings. The summed E-state index contributed by atoms with van der Waals surface area (Å²) in [5.41, 5.74) is 2.22. The summed E-state index contributed by atoms with van der Waals surface area (Å²) < 4.78 is 5.50. The van der Waals surface area contributed by atoms with Crippen molar-refractivity contribution < 1.29 is 4.74 Å². The van der Waals surface area contributed by atoms with Crippen LogP contribution in [0.3, 0.4) is 0 Å². The van der Waals surface area contributed by atoms with Crippen molar-refractivity contribution in [1.82, 2.24) is 0 Å². The Labute approximate surface area is 73.6 Å². The molecule has 0 aliphatic carbocycles. The van der Waals surface area contributed by atoms with Gasteiger partial charge in [0, 0.05) is 7.05 Å². The van der Waals surface area contributed by atoms with E-state index in [-0.39, 0.29) is 0 Å². The first-order valence-corrected chi connectivity index (χ1v) is 4.19. The summed E-state index contributed by atoms with van der Waals surface area (Å²) >= 11 is 0. The van der Waals surface area contributed by atoms with Gasteiger partial charge in [0.15, 0.2) is 0 Å². The highest BCUT2D eigenvalue weighted by atomic mass is 16.5. The molecule has 2 nitrogen and oxygen atoms in total. The summed E-state index contributed by atoms with van der Waals surface area (Å²) in [6.07, 6.45) is 0. The summed E-state index contributed by atoms with van der Waals surface area (Å²) in [6.45, 7) is 4.75. The Bertz CT molecular complexity index is 258. The smallest absolute Gasteiger partial charge is 0.145 e. The zero-order valence-corrected chi connectivity index (χ0v) is 7.85. The fraction of sp³-hybridized carbons (Fsp3) is 0.400. The second kappa shape index (κ2) is 4.00. The van der Waals surface area contributed by atoms with Gasteiger partial charge in [0.05, 0.1) is 12.3 Å². The molecule has 1 aromatic rings. The van der Waals surface area contributed by atoms with Crippen LogP contribution >= 0.6 is 0 Å². The molecular formula is C10H15NO. The van der Waals surface area contributed by atoms with Crippen LogP contribution < -0.4 is 10.1 Å². The fourth-order valence-electron chi connectivity index (χ4n) is 1.19. The first-order valence-electron chi connectivity index (χ1n) is 4.19. The van der Waals surface area contributed by atoms with E-state index in [1.807, 2.05) is 39.1 Å². The summed E-state index contributed by atoms with van der Waals surface area (Å²) in [6, 6.07) is 6.08. The molecule has 0 amide bonds. The second-order valence-electron chi connectivity index (χ2n) is 2.63. The lowest BCUT2D eigenvalue weighted by atomic mass is 10.2. The van der Waals surface area contributed by atoms with Crippen LogP contribution in [0.2, 0.25) is 0 Å². The molecule has 1 rings (SSSR count). The van der Waals surface area contributed by atoms with Crippen LogP contribution in [0, 0.1) is 6.92 Å². The predicted molar refractivity (Wildman–Crippen MR) is 51.9 cm³/mol. The molecular weight excluding hydrogens is 150 g/mol. The number of hydrogen-bond acceptors (Lipinski definition) is 2. The molecule has 2 heteroatoms. The summed E-state index contributed by atoms with van der Waals surface area (Å²) in [5.74, 6) is 0.961. The SMILES string of the molecule is CCOc1c(C)cccc1NC. The third kappa shape index (κ3) is 1.70. The van der Waals surface area contributed by atoms with Gasteiger partial charge in [-0.15, -0.1) is 0 Å². The van der Waals surface area contributed by atoms with Crippen LogP contribution in [0.25, 0.3) is 0 Å². The maximum absolute atomic E-state index is 5.50. The lowest BCUT2D eigenvalue weighted by molar-refractivity contribution is 0.339. The Morgan fingerprint density at radius 1 is 1.42 bits per heavy atom. The number of rotatable bonds is 3. The molecule has 0 saturated carbocycles. The van der Waals surface area contributed by atoms with Crippen LogP contribution in [0.5, 0.6) is 5.75 Å². The minimum Gasteiger partial charge on any atom is -0.491 e. The number of anilines is 1. The van der Waals surface area contributed by atoms with Crippen LogP contribution in [0.4, 0.5) is 5.69 Å². The van der Waals surface area contributed by atoms with E-state index in [0.717, 1.165) is 11.4 Å². The van der Waals surface area contributed by atoms with Gasteiger partial charge in [0.2, 0.25) is 0 Å². The summed E-state index contributed by atoms with van der Waals surface area (Å²) in [5, 5.41) is 3.10. The Kier molecular flexibility index (Phi) is 2.97. The van der Waals surface area contributed by atoms with Crippen molar-refractivity contribution in [3.8, 4) is 5.75 Å². The van der Waals surface area contributed by atoms with Gasteiger partial charge < -0.3 is 10.1 Å². The van der Waals surface area contributed by atoms with E-state index in [1.54, 1.807) is 0 Å². The van der Waals surface area contributed by atoms with Gasteiger partial charge in [0.25, 0.3) is 0 Å². The standard InChI is InChI=1S/C10H15NO/c1-4-12-10-8(2)6-5-7-9(10)11-3/h5-7,11H,4H2,1-3H3. The number of hydrogen-bond donors (Lipinski definition) is 1. The minimum absolute atomic E-state index is 0.708. The number of benzene rings is 1. The largest absolute Gasteiger partial charge is 0.491 e. The summed E-state index contributed by atoms with van der Waals surface area (Å²) in [4.78, 5) is 0. The highest BCUT2D eigenvalue weighted by Crippen LogP contribution is 2.27. The number of para-hydroxylation sites is 1. The molecule has 1 aromatic carbocycles. The molecule has 0 unspecified atom stereocenters. The second-order valence-corrected chi connectivity index (χ2v) is 2.63. The van der Waals surface area contributed by atoms with Gasteiger partial charge in [-0.2, -0.15) is 0 Å². The van der Waals surface area contributed by atoms with E-state index in [4.69, 9.17) is 4.74 Å². The van der Waals surface area contributed by atoms with Crippen molar-refractivity contribution in [1.29, 1.82) is 0 Å². The first kappa shape index (κ1) is 8.91. The number of nitrogens with one attached hydrogen (secondary N) is 1. The van der Waals surface area contributed by atoms with Crippen molar-refractivity contribution in [2.75, 3.05) is 19.0 Å². The normalized spacial score (nSPS) is 9.58. The Hall–Kier alpha value is -1.18. The van der Waals surface area contributed by atoms with Crippen molar-refractivity contribution >= 4 is 5.69 Å². The minimum atomic E-state index is 0.708. The number of ether oxygens (including phenoxy) is 1. The monoisotopic (exact) mass is 165 g/mol. The fourth-order valence-corrected chi connectivity index (χ4v) is 1.19. The third-order valence-electron chi connectivity index (χ3n) is 1.77. The highest BCUT2D eigenvalue weighted by molar-refractivity contribution is 5.59. The molecule has 12 heavy (non-hydrogen) atoms. The summed E-state index contributed by atoms with van der Waals surface area (Å²) in [7, 11) is 1.90. The molecule has 0 radical (unpaired) electrons. The van der Waals surface area contributed by atoms with E-state index in [2.05, 4.69) is 5.32 Å². The van der Waals surface area contributed by atoms with Crippen molar-refractivity contribution in [2.24, 2.45) is 0 Å². The van der Waals surface area contributed by atoms with Gasteiger partial charge in [-0.3, -0.25) is 0 Å². The van der Waals surface area contributed by atoms with E-state index in [0.29, 0.717) is 6.61 Å². The van der Waals surface area contributed by atoms with E-state index in [9.17, 15) is 0 Å². The Morgan fingerprint density at radius 3 is 2.75 bits per heavy atom. The zero-order chi connectivity index (χ0) is 8.97. The average molecular weight is 165 g/mol. The highest BCUT2D eigenvalue weighted by Gasteiger charge is 2.03. The molecule has 0 atom stereocenters. The maximum Gasteiger partial charge on any atom is 0.145 e. The van der Waals surface area contributed by atoms with Gasteiger partial charge >= 0.3 is 0 Å².